The number of carboxylic acid groups (broad SMARTS) is 1. The number of benzene rings is 1. The zero-order valence-corrected chi connectivity index (χ0v) is 13.1. The summed E-state index contributed by atoms with van der Waals surface area (Å²) in [6.45, 7) is 3.58. The predicted octanol–water partition coefficient (Wildman–Crippen LogP) is 1.57. The highest BCUT2D eigenvalue weighted by Crippen LogP contribution is 2.30. The number of hydrogen-bond acceptors (Lipinski definition) is 4. The van der Waals surface area contributed by atoms with E-state index < -0.39 is 29.2 Å². The molecule has 2 rings (SSSR count). The van der Waals surface area contributed by atoms with Gasteiger partial charge in [-0.15, -0.1) is 0 Å². The molecule has 1 aromatic rings. The van der Waals surface area contributed by atoms with Crippen molar-refractivity contribution in [3.63, 3.8) is 0 Å². The summed E-state index contributed by atoms with van der Waals surface area (Å²) in [5.41, 5.74) is -0.722. The van der Waals surface area contributed by atoms with Crippen molar-refractivity contribution in [2.24, 2.45) is 0 Å². The highest BCUT2D eigenvalue weighted by atomic mass is 16.4. The second-order valence-corrected chi connectivity index (χ2v) is 5.01. The van der Waals surface area contributed by atoms with E-state index in [0.29, 0.717) is 18.4 Å². The third kappa shape index (κ3) is 4.15. The minimum Gasteiger partial charge on any atom is -0.481 e. The van der Waals surface area contributed by atoms with E-state index in [0.717, 1.165) is 6.42 Å². The minimum atomic E-state index is -1.31. The van der Waals surface area contributed by atoms with Gasteiger partial charge in [-0.05, 0) is 18.4 Å². The van der Waals surface area contributed by atoms with Gasteiger partial charge in [0.1, 0.15) is 0 Å². The minimum absolute atomic E-state index is 0.292. The largest absolute Gasteiger partial charge is 0.481 e. The zero-order valence-electron chi connectivity index (χ0n) is 13.1. The van der Waals surface area contributed by atoms with Crippen LogP contribution in [-0.2, 0) is 19.8 Å². The molecule has 0 spiro atoms. The van der Waals surface area contributed by atoms with E-state index in [9.17, 15) is 19.2 Å². The van der Waals surface area contributed by atoms with Crippen LogP contribution < -0.4 is 10.6 Å². The molecule has 1 fully saturated rings. The maximum Gasteiger partial charge on any atom is 0.328 e. The second-order valence-electron chi connectivity index (χ2n) is 5.01. The second kappa shape index (κ2) is 8.07. The summed E-state index contributed by atoms with van der Waals surface area (Å²) in [5.74, 6) is -1.85. The molecule has 1 heterocycles. The van der Waals surface area contributed by atoms with Gasteiger partial charge >= 0.3 is 12.0 Å². The van der Waals surface area contributed by atoms with Crippen molar-refractivity contribution < 1.29 is 24.3 Å². The number of barbiturate groups is 1. The van der Waals surface area contributed by atoms with Crippen LogP contribution in [-0.4, -0.2) is 28.9 Å². The highest BCUT2D eigenvalue weighted by Gasteiger charge is 2.50. The molecule has 1 aliphatic rings. The van der Waals surface area contributed by atoms with Gasteiger partial charge in [-0.2, -0.15) is 0 Å². The molecule has 0 aliphatic carbocycles. The molecule has 7 nitrogen and oxygen atoms in total. The number of nitrogens with one attached hydrogen (secondary N) is 2. The molecule has 3 N–H and O–H groups in total. The van der Waals surface area contributed by atoms with Crippen LogP contribution in [0.3, 0.4) is 0 Å². The van der Waals surface area contributed by atoms with Gasteiger partial charge in [0.05, 0.1) is 0 Å². The number of rotatable bonds is 4. The first-order valence-corrected chi connectivity index (χ1v) is 7.32. The standard InChI is InChI=1S/C12H12N2O3.C4H8O2/c1-2-12(8-6-4-3-5-7-8)9(15)13-11(17)14-10(12)16;1-2-3-4(5)6/h3-7H,2H2,1H3,(H2,13,14,15,16,17);2-3H2,1H3,(H,5,6). The average molecular weight is 320 g/mol. The van der Waals surface area contributed by atoms with Crippen molar-refractivity contribution in [3.8, 4) is 0 Å². The molecule has 7 heteroatoms. The van der Waals surface area contributed by atoms with Gasteiger partial charge in [0, 0.05) is 6.42 Å². The Balaban J connectivity index is 0.000000379. The molecule has 0 aromatic heterocycles. The number of amides is 4. The molecule has 4 amide bonds. The van der Waals surface area contributed by atoms with E-state index in [1.165, 1.54) is 0 Å². The normalized spacial score (nSPS) is 15.8. The van der Waals surface area contributed by atoms with Crippen LogP contribution in [0, 0.1) is 0 Å². The third-order valence-corrected chi connectivity index (χ3v) is 3.49. The van der Waals surface area contributed by atoms with Gasteiger partial charge in [0.15, 0.2) is 5.41 Å². The van der Waals surface area contributed by atoms with Crippen molar-refractivity contribution in [3.05, 3.63) is 35.9 Å². The molecular weight excluding hydrogens is 300 g/mol. The zero-order chi connectivity index (χ0) is 17.5. The highest BCUT2D eigenvalue weighted by molar-refractivity contribution is 6.22. The molecule has 0 unspecified atom stereocenters. The molecule has 0 atom stereocenters. The number of carbonyl (C=O) groups excluding carboxylic acids is 3. The fourth-order valence-corrected chi connectivity index (χ4v) is 2.28. The van der Waals surface area contributed by atoms with E-state index in [1.54, 1.807) is 37.3 Å². The van der Waals surface area contributed by atoms with Crippen molar-refractivity contribution in [2.75, 3.05) is 0 Å². The lowest BCUT2D eigenvalue weighted by molar-refractivity contribution is -0.139. The monoisotopic (exact) mass is 320 g/mol. The molecule has 124 valence electrons. The molecular formula is C16H20N2O5. The number of carbonyl (C=O) groups is 4. The molecule has 0 bridgehead atoms. The van der Waals surface area contributed by atoms with Gasteiger partial charge < -0.3 is 5.11 Å². The van der Waals surface area contributed by atoms with Crippen LogP contribution in [0.15, 0.2) is 30.3 Å². The summed E-state index contributed by atoms with van der Waals surface area (Å²) in [5, 5.41) is 12.2. The third-order valence-electron chi connectivity index (χ3n) is 3.49. The maximum atomic E-state index is 12.0. The van der Waals surface area contributed by atoms with E-state index in [-0.39, 0.29) is 0 Å². The molecule has 1 saturated heterocycles. The Morgan fingerprint density at radius 3 is 1.91 bits per heavy atom. The number of aliphatic carboxylic acids is 1. The topological polar surface area (TPSA) is 113 Å². The van der Waals surface area contributed by atoms with Crippen LogP contribution >= 0.6 is 0 Å². The summed E-state index contributed by atoms with van der Waals surface area (Å²) in [6, 6.07) is 7.96. The van der Waals surface area contributed by atoms with Crippen molar-refractivity contribution >= 4 is 23.8 Å². The van der Waals surface area contributed by atoms with Gasteiger partial charge in [-0.3, -0.25) is 25.0 Å². The Hall–Kier alpha value is -2.70. The van der Waals surface area contributed by atoms with Crippen LogP contribution in [0.4, 0.5) is 4.79 Å². The van der Waals surface area contributed by atoms with Gasteiger partial charge in [-0.1, -0.05) is 44.2 Å². The van der Waals surface area contributed by atoms with Crippen molar-refractivity contribution in [1.82, 2.24) is 10.6 Å². The Morgan fingerprint density at radius 1 is 1.04 bits per heavy atom. The Kier molecular flexibility index (Phi) is 6.44. The number of hydrogen-bond donors (Lipinski definition) is 3. The fraction of sp³-hybridized carbons (Fsp3) is 0.375. The fourth-order valence-electron chi connectivity index (χ4n) is 2.28. The number of carboxylic acids is 1. The number of imide groups is 2. The summed E-state index contributed by atoms with van der Waals surface area (Å²) in [4.78, 5) is 44.6. The van der Waals surface area contributed by atoms with Crippen LogP contribution in [0.1, 0.15) is 38.7 Å². The first kappa shape index (κ1) is 18.3. The Morgan fingerprint density at radius 2 is 1.57 bits per heavy atom. The number of urea groups is 1. The first-order valence-electron chi connectivity index (χ1n) is 7.32. The molecule has 0 radical (unpaired) electrons. The molecule has 1 aromatic carbocycles. The van der Waals surface area contributed by atoms with Crippen molar-refractivity contribution in [1.29, 1.82) is 0 Å². The SMILES string of the molecule is CCC1(c2ccccc2)C(=O)NC(=O)NC1=O.CCCC(=O)O. The molecule has 23 heavy (non-hydrogen) atoms. The summed E-state index contributed by atoms with van der Waals surface area (Å²) in [6.07, 6.45) is 1.32. The van der Waals surface area contributed by atoms with E-state index in [2.05, 4.69) is 10.6 Å². The van der Waals surface area contributed by atoms with Crippen molar-refractivity contribution in [2.45, 2.75) is 38.5 Å². The quantitative estimate of drug-likeness (QED) is 0.729. The Bertz CT molecular complexity index is 578. The summed E-state index contributed by atoms with van der Waals surface area (Å²) in [7, 11) is 0. The van der Waals surface area contributed by atoms with E-state index in [1.807, 2.05) is 6.92 Å². The van der Waals surface area contributed by atoms with Crippen LogP contribution in [0.2, 0.25) is 0 Å². The van der Waals surface area contributed by atoms with E-state index in [4.69, 9.17) is 5.11 Å². The van der Waals surface area contributed by atoms with Gasteiger partial charge in [0.2, 0.25) is 11.8 Å². The van der Waals surface area contributed by atoms with Crippen LogP contribution in [0.5, 0.6) is 0 Å². The lowest BCUT2D eigenvalue weighted by Gasteiger charge is -2.33. The first-order chi connectivity index (χ1) is 10.9. The summed E-state index contributed by atoms with van der Waals surface area (Å²) >= 11 is 0. The molecule has 1 aliphatic heterocycles. The maximum absolute atomic E-state index is 12.0. The van der Waals surface area contributed by atoms with E-state index >= 15 is 0 Å². The lowest BCUT2D eigenvalue weighted by atomic mass is 9.75. The van der Waals surface area contributed by atoms with Gasteiger partial charge in [0.25, 0.3) is 0 Å². The lowest BCUT2D eigenvalue weighted by Crippen LogP contribution is -2.64. The average Bonchev–Trinajstić information content (AvgIpc) is 2.49. The summed E-state index contributed by atoms with van der Waals surface area (Å²) < 4.78 is 0. The van der Waals surface area contributed by atoms with Gasteiger partial charge in [-0.25, -0.2) is 4.79 Å². The smallest absolute Gasteiger partial charge is 0.328 e. The predicted molar refractivity (Wildman–Crippen MR) is 82.6 cm³/mol. The van der Waals surface area contributed by atoms with Crippen LogP contribution in [0.25, 0.3) is 0 Å². The Labute approximate surface area is 134 Å². The molecule has 0 saturated carbocycles.